The Morgan fingerprint density at radius 1 is 1.23 bits per heavy atom. The lowest BCUT2D eigenvalue weighted by molar-refractivity contribution is -0.139. The smallest absolute Gasteiger partial charge is 0.336 e. The molecule has 0 bridgehead atoms. The maximum atomic E-state index is 13.4. The lowest BCUT2D eigenvalue weighted by atomic mass is 9.78. The van der Waals surface area contributed by atoms with E-state index in [0.29, 0.717) is 35.2 Å². The van der Waals surface area contributed by atoms with Crippen LogP contribution in [0.3, 0.4) is 0 Å². The Labute approximate surface area is 185 Å². The zero-order chi connectivity index (χ0) is 21.7. The fourth-order valence-corrected chi connectivity index (χ4v) is 5.56. The fraction of sp³-hybridized carbons (Fsp3) is 0.400. The van der Waals surface area contributed by atoms with Crippen molar-refractivity contribution in [2.24, 2.45) is 11.8 Å². The summed E-state index contributed by atoms with van der Waals surface area (Å²) >= 11 is 1.49. The molecule has 6 heteroatoms. The van der Waals surface area contributed by atoms with Crippen LogP contribution in [-0.2, 0) is 14.3 Å². The number of ether oxygens (including phenoxy) is 1. The Morgan fingerprint density at radius 3 is 2.65 bits per heavy atom. The minimum absolute atomic E-state index is 0.0619. The zero-order valence-electron chi connectivity index (χ0n) is 17.7. The molecule has 0 saturated heterocycles. The van der Waals surface area contributed by atoms with Gasteiger partial charge in [-0.1, -0.05) is 12.1 Å². The predicted octanol–water partition coefficient (Wildman–Crippen LogP) is 4.94. The molecular formula is C25H24N2O3S. The molecule has 0 radical (unpaired) electrons. The van der Waals surface area contributed by atoms with E-state index in [0.717, 1.165) is 52.7 Å². The van der Waals surface area contributed by atoms with Gasteiger partial charge in [-0.15, -0.1) is 11.3 Å². The molecule has 0 spiro atoms. The normalized spacial score (nSPS) is 21.1. The molecule has 1 aromatic carbocycles. The number of dihydropyridines is 1. The van der Waals surface area contributed by atoms with Crippen LogP contribution in [0.2, 0.25) is 0 Å². The van der Waals surface area contributed by atoms with Gasteiger partial charge >= 0.3 is 5.97 Å². The molecule has 5 nitrogen and oxygen atoms in total. The molecule has 5 rings (SSSR count). The number of nitrogens with zero attached hydrogens (tertiary/aromatic N) is 1. The number of thiophene rings is 1. The van der Waals surface area contributed by atoms with E-state index in [9.17, 15) is 14.9 Å². The Hall–Kier alpha value is -2.91. The summed E-state index contributed by atoms with van der Waals surface area (Å²) < 4.78 is 6.63. The van der Waals surface area contributed by atoms with Crippen molar-refractivity contribution >= 4 is 33.2 Å². The second-order valence-corrected chi connectivity index (χ2v) is 9.66. The first kappa shape index (κ1) is 20.0. The maximum Gasteiger partial charge on any atom is 0.336 e. The molecule has 2 aliphatic carbocycles. The summed E-state index contributed by atoms with van der Waals surface area (Å²) in [5.41, 5.74) is 4.39. The first-order valence-electron chi connectivity index (χ1n) is 10.8. The maximum absolute atomic E-state index is 13.4. The average Bonchev–Trinajstić information content (AvgIpc) is 3.68. The van der Waals surface area contributed by atoms with Crippen molar-refractivity contribution in [3.8, 4) is 6.07 Å². The fourth-order valence-electron chi connectivity index (χ4n) is 4.50. The van der Waals surface area contributed by atoms with Gasteiger partial charge in [0.2, 0.25) is 0 Å². The van der Waals surface area contributed by atoms with E-state index in [2.05, 4.69) is 11.4 Å². The zero-order valence-corrected chi connectivity index (χ0v) is 18.5. The molecule has 31 heavy (non-hydrogen) atoms. The average molecular weight is 433 g/mol. The Morgan fingerprint density at radius 2 is 2.00 bits per heavy atom. The molecule has 2 fully saturated rings. The highest BCUT2D eigenvalue weighted by Crippen LogP contribution is 2.48. The van der Waals surface area contributed by atoms with Crippen LogP contribution in [0.5, 0.6) is 0 Å². The second kappa shape index (κ2) is 7.65. The van der Waals surface area contributed by atoms with Gasteiger partial charge < -0.3 is 10.1 Å². The highest BCUT2D eigenvalue weighted by atomic mass is 32.1. The molecule has 1 atom stereocenters. The molecule has 1 aromatic heterocycles. The molecule has 1 unspecified atom stereocenters. The molecule has 3 aliphatic rings. The highest BCUT2D eigenvalue weighted by molar-refractivity contribution is 7.17. The van der Waals surface area contributed by atoms with Crippen LogP contribution in [0.4, 0.5) is 0 Å². The number of rotatable bonds is 6. The Kier molecular flexibility index (Phi) is 4.94. The van der Waals surface area contributed by atoms with Crippen LogP contribution >= 0.6 is 11.3 Å². The van der Waals surface area contributed by atoms with Gasteiger partial charge in [-0.05, 0) is 73.8 Å². The topological polar surface area (TPSA) is 79.2 Å². The number of Topliss-reactive ketones (excluding diaryl/α,β-unsaturated/α-hetero) is 1. The van der Waals surface area contributed by atoms with Gasteiger partial charge in [0, 0.05) is 22.9 Å². The van der Waals surface area contributed by atoms with Crippen LogP contribution in [0, 0.1) is 23.2 Å². The van der Waals surface area contributed by atoms with E-state index < -0.39 is 5.92 Å². The van der Waals surface area contributed by atoms with E-state index in [4.69, 9.17) is 4.74 Å². The number of carbonyl (C=O) groups is 2. The van der Waals surface area contributed by atoms with Crippen molar-refractivity contribution in [2.75, 3.05) is 6.61 Å². The molecule has 1 aliphatic heterocycles. The predicted molar refractivity (Wildman–Crippen MR) is 119 cm³/mol. The number of nitrogens with one attached hydrogen (secondary N) is 1. The van der Waals surface area contributed by atoms with Gasteiger partial charge in [0.25, 0.3) is 0 Å². The van der Waals surface area contributed by atoms with E-state index >= 15 is 0 Å². The number of nitriles is 1. The van der Waals surface area contributed by atoms with Crippen molar-refractivity contribution in [1.82, 2.24) is 5.32 Å². The first-order valence-corrected chi connectivity index (χ1v) is 11.7. The molecule has 0 amide bonds. The van der Waals surface area contributed by atoms with Crippen LogP contribution in [0.15, 0.2) is 46.1 Å². The lowest BCUT2D eigenvalue weighted by Gasteiger charge is -2.31. The summed E-state index contributed by atoms with van der Waals surface area (Å²) in [6.45, 7) is 3.90. The Bertz CT molecular complexity index is 1210. The Balaban J connectivity index is 1.69. The van der Waals surface area contributed by atoms with E-state index in [1.165, 1.54) is 11.3 Å². The number of hydrogen-bond acceptors (Lipinski definition) is 6. The van der Waals surface area contributed by atoms with Crippen molar-refractivity contribution in [3.63, 3.8) is 0 Å². The summed E-state index contributed by atoms with van der Waals surface area (Å²) in [6, 6.07) is 7.89. The van der Waals surface area contributed by atoms with Crippen LogP contribution < -0.4 is 5.32 Å². The number of benzene rings is 1. The summed E-state index contributed by atoms with van der Waals surface area (Å²) in [5.74, 6) is -0.104. The standard InChI is InChI=1S/C25H24N2O3S/c1-13-20(14(2)28)21(19-12-31-24-17(10-26)4-3-5-18(19)24)22(23(27-13)16-8-9-16)25(29)30-11-15-6-7-15/h3-5,12,15-16,21,27H,6-9,11H2,1-2H3. The van der Waals surface area contributed by atoms with Gasteiger partial charge in [0.1, 0.15) is 6.07 Å². The SMILES string of the molecule is CC(=O)C1=C(C)NC(C2CC2)=C(C(=O)OCC2CC2)C1c1csc2c(C#N)cccc12. The first-order chi connectivity index (χ1) is 15.0. The number of ketones is 1. The summed E-state index contributed by atoms with van der Waals surface area (Å²) in [6.07, 6.45) is 4.26. The molecule has 2 heterocycles. The number of hydrogen-bond donors (Lipinski definition) is 1. The third-order valence-electron chi connectivity index (χ3n) is 6.39. The number of esters is 1. The monoisotopic (exact) mass is 432 g/mol. The van der Waals surface area contributed by atoms with E-state index in [1.54, 1.807) is 13.0 Å². The van der Waals surface area contributed by atoms with Gasteiger partial charge in [-0.3, -0.25) is 4.79 Å². The second-order valence-electron chi connectivity index (χ2n) is 8.78. The summed E-state index contributed by atoms with van der Waals surface area (Å²) in [7, 11) is 0. The van der Waals surface area contributed by atoms with Crippen LogP contribution in [0.1, 0.15) is 56.6 Å². The third kappa shape index (κ3) is 3.57. The molecule has 158 valence electrons. The number of fused-ring (bicyclic) bond motifs is 1. The third-order valence-corrected chi connectivity index (χ3v) is 7.43. The highest BCUT2D eigenvalue weighted by Gasteiger charge is 2.42. The van der Waals surface area contributed by atoms with Crippen LogP contribution in [-0.4, -0.2) is 18.4 Å². The van der Waals surface area contributed by atoms with E-state index in [-0.39, 0.29) is 11.8 Å². The van der Waals surface area contributed by atoms with Crippen molar-refractivity contribution in [1.29, 1.82) is 5.26 Å². The van der Waals surface area contributed by atoms with Gasteiger partial charge in [0.05, 0.1) is 22.4 Å². The number of carbonyl (C=O) groups excluding carboxylic acids is 2. The van der Waals surface area contributed by atoms with Crippen molar-refractivity contribution in [2.45, 2.75) is 45.4 Å². The van der Waals surface area contributed by atoms with Gasteiger partial charge in [-0.2, -0.15) is 5.26 Å². The largest absolute Gasteiger partial charge is 0.462 e. The van der Waals surface area contributed by atoms with Crippen molar-refractivity contribution < 1.29 is 14.3 Å². The molecule has 2 saturated carbocycles. The van der Waals surface area contributed by atoms with E-state index in [1.807, 2.05) is 24.4 Å². The van der Waals surface area contributed by atoms with Crippen LogP contribution in [0.25, 0.3) is 10.1 Å². The molecule has 2 aromatic rings. The lowest BCUT2D eigenvalue weighted by Crippen LogP contribution is -2.33. The molecule has 1 N–H and O–H groups in total. The van der Waals surface area contributed by atoms with Gasteiger partial charge in [-0.25, -0.2) is 4.79 Å². The van der Waals surface area contributed by atoms with Crippen molar-refractivity contribution in [3.05, 3.63) is 57.2 Å². The summed E-state index contributed by atoms with van der Waals surface area (Å²) in [5, 5.41) is 15.8. The molecular weight excluding hydrogens is 408 g/mol. The quantitative estimate of drug-likeness (QED) is 0.654. The minimum atomic E-state index is -0.483. The van der Waals surface area contributed by atoms with Gasteiger partial charge in [0.15, 0.2) is 5.78 Å². The minimum Gasteiger partial charge on any atom is -0.462 e. The summed E-state index contributed by atoms with van der Waals surface area (Å²) in [4.78, 5) is 26.2. The number of allylic oxidation sites excluding steroid dienone is 3.